The van der Waals surface area contributed by atoms with Crippen molar-refractivity contribution in [2.24, 2.45) is 0 Å². The molecule has 3 nitrogen and oxygen atoms in total. The molecule has 0 amide bonds. The lowest BCUT2D eigenvalue weighted by atomic mass is 10.0. The highest BCUT2D eigenvalue weighted by atomic mass is 16.5. The van der Waals surface area contributed by atoms with Gasteiger partial charge < -0.3 is 9.30 Å². The van der Waals surface area contributed by atoms with Crippen molar-refractivity contribution in [1.29, 1.82) is 0 Å². The molecular formula is C19H15NO2. The number of carbonyl (C=O) groups is 1. The summed E-state index contributed by atoms with van der Waals surface area (Å²) < 4.78 is 7.23. The van der Waals surface area contributed by atoms with E-state index in [4.69, 9.17) is 4.74 Å². The number of benzene rings is 2. The van der Waals surface area contributed by atoms with E-state index in [0.29, 0.717) is 6.54 Å². The van der Waals surface area contributed by atoms with Gasteiger partial charge in [0.25, 0.3) is 0 Å². The number of aromatic nitrogens is 1. The quantitative estimate of drug-likeness (QED) is 0.669. The number of methoxy groups -OCH3 is 1. The standard InChI is InChI=1S/C19H15NO2/c1-22-17-7-6-14-9-13(4-5-15(14)11-17)10-16-12-20-8-2-3-18(20)19(16)21/h2-11H,12H2,1H3. The molecule has 108 valence electrons. The molecule has 3 heteroatoms. The summed E-state index contributed by atoms with van der Waals surface area (Å²) in [5.74, 6) is 0.976. The summed E-state index contributed by atoms with van der Waals surface area (Å²) in [4.78, 5) is 12.3. The number of rotatable bonds is 2. The third kappa shape index (κ3) is 2.02. The third-order valence-electron chi connectivity index (χ3n) is 4.11. The van der Waals surface area contributed by atoms with E-state index in [0.717, 1.165) is 33.4 Å². The van der Waals surface area contributed by atoms with Gasteiger partial charge in [0.15, 0.2) is 0 Å². The van der Waals surface area contributed by atoms with E-state index in [1.807, 2.05) is 53.2 Å². The number of ketones is 1. The number of fused-ring (bicyclic) bond motifs is 2. The van der Waals surface area contributed by atoms with Crippen LogP contribution in [0, 0.1) is 0 Å². The third-order valence-corrected chi connectivity index (χ3v) is 4.11. The fourth-order valence-electron chi connectivity index (χ4n) is 2.95. The van der Waals surface area contributed by atoms with Crippen molar-refractivity contribution in [3.8, 4) is 5.75 Å². The Hall–Kier alpha value is -2.81. The SMILES string of the molecule is COc1ccc2cc(C=C3Cn4cccc4C3=O)ccc2c1. The molecule has 0 atom stereocenters. The van der Waals surface area contributed by atoms with Gasteiger partial charge in [-0.05, 0) is 52.7 Å². The van der Waals surface area contributed by atoms with Crippen LogP contribution in [0.15, 0.2) is 60.3 Å². The second kappa shape index (κ2) is 4.88. The second-order valence-electron chi connectivity index (χ2n) is 5.49. The molecule has 4 rings (SSSR count). The van der Waals surface area contributed by atoms with Crippen molar-refractivity contribution >= 4 is 22.6 Å². The molecule has 0 saturated carbocycles. The minimum absolute atomic E-state index is 0.125. The molecule has 0 spiro atoms. The number of hydrogen-bond acceptors (Lipinski definition) is 2. The molecule has 0 bridgehead atoms. The highest BCUT2D eigenvalue weighted by Gasteiger charge is 2.23. The summed E-state index contributed by atoms with van der Waals surface area (Å²) in [6.45, 7) is 0.655. The maximum Gasteiger partial charge on any atom is 0.207 e. The first-order chi connectivity index (χ1) is 10.7. The Kier molecular flexibility index (Phi) is 2.86. The highest BCUT2D eigenvalue weighted by Crippen LogP contribution is 2.25. The Balaban J connectivity index is 1.72. The molecule has 1 aromatic heterocycles. The molecular weight excluding hydrogens is 274 g/mol. The lowest BCUT2D eigenvalue weighted by molar-refractivity contribution is 0.103. The van der Waals surface area contributed by atoms with Gasteiger partial charge in [-0.2, -0.15) is 0 Å². The van der Waals surface area contributed by atoms with Gasteiger partial charge in [-0.3, -0.25) is 4.79 Å². The lowest BCUT2D eigenvalue weighted by Crippen LogP contribution is -1.94. The van der Waals surface area contributed by atoms with Gasteiger partial charge >= 0.3 is 0 Å². The average Bonchev–Trinajstić information content (AvgIpc) is 3.11. The predicted molar refractivity (Wildman–Crippen MR) is 87.2 cm³/mol. The number of ether oxygens (including phenoxy) is 1. The molecule has 0 N–H and O–H groups in total. The normalized spacial score (nSPS) is 15.5. The van der Waals surface area contributed by atoms with E-state index < -0.39 is 0 Å². The zero-order valence-corrected chi connectivity index (χ0v) is 12.2. The molecule has 0 aliphatic carbocycles. The van der Waals surface area contributed by atoms with E-state index >= 15 is 0 Å². The van der Waals surface area contributed by atoms with Gasteiger partial charge in [0.2, 0.25) is 5.78 Å². The average molecular weight is 289 g/mol. The van der Waals surface area contributed by atoms with E-state index in [1.165, 1.54) is 0 Å². The van der Waals surface area contributed by atoms with Crippen LogP contribution >= 0.6 is 0 Å². The molecule has 0 unspecified atom stereocenters. The van der Waals surface area contributed by atoms with Crippen LogP contribution in [0.1, 0.15) is 16.1 Å². The Morgan fingerprint density at radius 2 is 1.91 bits per heavy atom. The summed E-state index contributed by atoms with van der Waals surface area (Å²) in [6.07, 6.45) is 3.93. The summed E-state index contributed by atoms with van der Waals surface area (Å²) in [5, 5.41) is 2.27. The van der Waals surface area contributed by atoms with Crippen molar-refractivity contribution in [2.75, 3.05) is 7.11 Å². The van der Waals surface area contributed by atoms with Gasteiger partial charge in [-0.15, -0.1) is 0 Å². The topological polar surface area (TPSA) is 31.2 Å². The predicted octanol–water partition coefficient (Wildman–Crippen LogP) is 3.93. The van der Waals surface area contributed by atoms with Crippen molar-refractivity contribution in [3.05, 3.63) is 71.6 Å². The summed E-state index contributed by atoms with van der Waals surface area (Å²) in [6, 6.07) is 16.0. The Bertz CT molecular complexity index is 918. The van der Waals surface area contributed by atoms with Crippen molar-refractivity contribution < 1.29 is 9.53 Å². The fourth-order valence-corrected chi connectivity index (χ4v) is 2.95. The number of hydrogen-bond donors (Lipinski definition) is 0. The smallest absolute Gasteiger partial charge is 0.207 e. The Labute approximate surface area is 128 Å². The van der Waals surface area contributed by atoms with Gasteiger partial charge in [-0.25, -0.2) is 0 Å². The number of Topliss-reactive ketones (excluding diaryl/α,β-unsaturated/α-hetero) is 1. The largest absolute Gasteiger partial charge is 0.497 e. The van der Waals surface area contributed by atoms with Crippen LogP contribution in [-0.4, -0.2) is 17.5 Å². The minimum atomic E-state index is 0.125. The molecule has 1 aliphatic heterocycles. The molecule has 3 aromatic rings. The molecule has 0 radical (unpaired) electrons. The molecule has 2 aromatic carbocycles. The van der Waals surface area contributed by atoms with E-state index in [9.17, 15) is 4.79 Å². The van der Waals surface area contributed by atoms with Gasteiger partial charge in [0, 0.05) is 11.8 Å². The number of nitrogens with zero attached hydrogens (tertiary/aromatic N) is 1. The summed E-state index contributed by atoms with van der Waals surface area (Å²) in [5.41, 5.74) is 2.66. The van der Waals surface area contributed by atoms with E-state index in [2.05, 4.69) is 12.1 Å². The van der Waals surface area contributed by atoms with E-state index in [1.54, 1.807) is 7.11 Å². The van der Waals surface area contributed by atoms with E-state index in [-0.39, 0.29) is 5.78 Å². The molecule has 1 aliphatic rings. The zero-order valence-electron chi connectivity index (χ0n) is 12.2. The zero-order chi connectivity index (χ0) is 15.1. The maximum atomic E-state index is 12.3. The minimum Gasteiger partial charge on any atom is -0.497 e. The maximum absolute atomic E-state index is 12.3. The summed E-state index contributed by atoms with van der Waals surface area (Å²) >= 11 is 0. The highest BCUT2D eigenvalue weighted by molar-refractivity contribution is 6.12. The molecule has 0 saturated heterocycles. The van der Waals surface area contributed by atoms with Crippen LogP contribution in [0.3, 0.4) is 0 Å². The first-order valence-corrected chi connectivity index (χ1v) is 7.23. The van der Waals surface area contributed by atoms with Crippen molar-refractivity contribution in [1.82, 2.24) is 4.57 Å². The van der Waals surface area contributed by atoms with Crippen molar-refractivity contribution in [2.45, 2.75) is 6.54 Å². The van der Waals surface area contributed by atoms with Crippen LogP contribution in [0.5, 0.6) is 5.75 Å². The monoisotopic (exact) mass is 289 g/mol. The Morgan fingerprint density at radius 1 is 1.09 bits per heavy atom. The second-order valence-corrected chi connectivity index (χ2v) is 5.49. The van der Waals surface area contributed by atoms with Crippen LogP contribution in [0.25, 0.3) is 16.8 Å². The Morgan fingerprint density at radius 3 is 2.73 bits per heavy atom. The first kappa shape index (κ1) is 12.9. The molecule has 2 heterocycles. The van der Waals surface area contributed by atoms with Crippen LogP contribution in [0.2, 0.25) is 0 Å². The fraction of sp³-hybridized carbons (Fsp3) is 0.105. The van der Waals surface area contributed by atoms with Gasteiger partial charge in [0.1, 0.15) is 5.75 Å². The van der Waals surface area contributed by atoms with Crippen molar-refractivity contribution in [3.63, 3.8) is 0 Å². The van der Waals surface area contributed by atoms with Gasteiger partial charge in [0.05, 0.1) is 19.3 Å². The lowest BCUT2D eigenvalue weighted by Gasteiger charge is -2.04. The molecule has 0 fully saturated rings. The number of allylic oxidation sites excluding steroid dienone is 1. The number of carbonyl (C=O) groups excluding carboxylic acids is 1. The first-order valence-electron chi connectivity index (χ1n) is 7.23. The summed E-state index contributed by atoms with van der Waals surface area (Å²) in [7, 11) is 1.67. The van der Waals surface area contributed by atoms with Crippen LogP contribution in [-0.2, 0) is 6.54 Å². The van der Waals surface area contributed by atoms with Gasteiger partial charge in [-0.1, -0.05) is 18.2 Å². The van der Waals surface area contributed by atoms with Crippen LogP contribution in [0.4, 0.5) is 0 Å². The van der Waals surface area contributed by atoms with Crippen LogP contribution < -0.4 is 4.74 Å². The molecule has 22 heavy (non-hydrogen) atoms.